The second kappa shape index (κ2) is 5.43. The van der Waals surface area contributed by atoms with E-state index in [9.17, 15) is 0 Å². The topological polar surface area (TPSA) is 51.0 Å². The number of hydrogen-bond acceptors (Lipinski definition) is 4. The predicted molar refractivity (Wildman–Crippen MR) is 77.0 cm³/mol. The van der Waals surface area contributed by atoms with Crippen molar-refractivity contribution in [2.45, 2.75) is 25.7 Å². The fourth-order valence-electron chi connectivity index (χ4n) is 2.38. The molecule has 0 saturated carbocycles. The number of aromatic nitrogens is 2. The second-order valence-electron chi connectivity index (χ2n) is 4.97. The van der Waals surface area contributed by atoms with E-state index < -0.39 is 0 Å². The highest BCUT2D eigenvalue weighted by atomic mass is 79.9. The minimum absolute atomic E-state index is 0.419. The molecule has 1 saturated heterocycles. The molecule has 1 aliphatic heterocycles. The van der Waals surface area contributed by atoms with Crippen molar-refractivity contribution >= 4 is 15.9 Å². The fourth-order valence-corrected chi connectivity index (χ4v) is 3.05. The molecule has 2 heterocycles. The summed E-state index contributed by atoms with van der Waals surface area (Å²) in [6, 6.07) is 6.12. The van der Waals surface area contributed by atoms with Gasteiger partial charge in [0.2, 0.25) is 0 Å². The van der Waals surface area contributed by atoms with Gasteiger partial charge < -0.3 is 9.84 Å². The normalized spacial score (nSPS) is 16.7. The summed E-state index contributed by atoms with van der Waals surface area (Å²) in [7, 11) is 0. The Bertz CT molecular complexity index is 576. The molecule has 0 atom stereocenters. The molecule has 5 heteroatoms. The Morgan fingerprint density at radius 2 is 2.11 bits per heavy atom. The Morgan fingerprint density at radius 1 is 1.32 bits per heavy atom. The van der Waals surface area contributed by atoms with Gasteiger partial charge in [0.05, 0.1) is 5.56 Å². The summed E-state index contributed by atoms with van der Waals surface area (Å²) in [6.45, 7) is 4.12. The number of benzene rings is 1. The second-order valence-corrected chi connectivity index (χ2v) is 5.82. The Labute approximate surface area is 120 Å². The van der Waals surface area contributed by atoms with Crippen LogP contribution in [0.5, 0.6) is 0 Å². The van der Waals surface area contributed by atoms with Gasteiger partial charge in [-0.3, -0.25) is 0 Å². The maximum atomic E-state index is 5.41. The zero-order valence-electron chi connectivity index (χ0n) is 10.8. The minimum Gasteiger partial charge on any atom is -0.334 e. The van der Waals surface area contributed by atoms with Gasteiger partial charge in [-0.1, -0.05) is 11.2 Å². The standard InChI is InChI=1S/C14H16BrN3O/c1-9-2-3-11(12(15)8-9)14-17-13(18-19-14)10-4-6-16-7-5-10/h2-3,8,10,16H,4-7H2,1H3. The third-order valence-corrected chi connectivity index (χ3v) is 4.16. The Kier molecular flexibility index (Phi) is 3.66. The first kappa shape index (κ1) is 12.8. The molecule has 1 fully saturated rings. The molecule has 0 aliphatic carbocycles. The molecule has 1 aliphatic rings. The molecule has 100 valence electrons. The van der Waals surface area contributed by atoms with Crippen LogP contribution < -0.4 is 5.32 Å². The maximum absolute atomic E-state index is 5.41. The molecule has 2 aromatic rings. The molecule has 0 radical (unpaired) electrons. The van der Waals surface area contributed by atoms with Gasteiger partial charge in [-0.25, -0.2) is 0 Å². The molecule has 0 bridgehead atoms. The zero-order chi connectivity index (χ0) is 13.2. The van der Waals surface area contributed by atoms with E-state index in [4.69, 9.17) is 4.52 Å². The summed E-state index contributed by atoms with van der Waals surface area (Å²) in [4.78, 5) is 4.56. The number of nitrogens with zero attached hydrogens (tertiary/aromatic N) is 2. The molecule has 4 nitrogen and oxygen atoms in total. The summed E-state index contributed by atoms with van der Waals surface area (Å²) in [5.74, 6) is 1.85. The van der Waals surface area contributed by atoms with Crippen LogP contribution >= 0.6 is 15.9 Å². The summed E-state index contributed by atoms with van der Waals surface area (Å²) in [5, 5.41) is 7.49. The summed E-state index contributed by atoms with van der Waals surface area (Å²) >= 11 is 3.55. The average Bonchev–Trinajstić information content (AvgIpc) is 2.89. The molecular formula is C14H16BrN3O. The summed E-state index contributed by atoms with van der Waals surface area (Å²) < 4.78 is 6.41. The molecule has 1 aromatic carbocycles. The van der Waals surface area contributed by atoms with Crippen molar-refractivity contribution in [3.8, 4) is 11.5 Å². The van der Waals surface area contributed by atoms with Crippen LogP contribution in [0.15, 0.2) is 27.2 Å². The molecule has 19 heavy (non-hydrogen) atoms. The lowest BCUT2D eigenvalue weighted by atomic mass is 9.98. The van der Waals surface area contributed by atoms with Crippen LogP contribution in [0.25, 0.3) is 11.5 Å². The maximum Gasteiger partial charge on any atom is 0.259 e. The largest absolute Gasteiger partial charge is 0.334 e. The highest BCUT2D eigenvalue weighted by molar-refractivity contribution is 9.10. The van der Waals surface area contributed by atoms with Gasteiger partial charge in [-0.05, 0) is 66.5 Å². The number of rotatable bonds is 2. The average molecular weight is 322 g/mol. The van der Waals surface area contributed by atoms with Crippen molar-refractivity contribution in [2.75, 3.05) is 13.1 Å². The van der Waals surface area contributed by atoms with Crippen molar-refractivity contribution in [3.05, 3.63) is 34.1 Å². The van der Waals surface area contributed by atoms with E-state index in [2.05, 4.69) is 50.4 Å². The van der Waals surface area contributed by atoms with E-state index in [1.165, 1.54) is 5.56 Å². The number of hydrogen-bond donors (Lipinski definition) is 1. The van der Waals surface area contributed by atoms with E-state index in [0.29, 0.717) is 11.8 Å². The number of nitrogens with one attached hydrogen (secondary N) is 1. The first-order chi connectivity index (χ1) is 9.24. The number of halogens is 1. The molecule has 1 aromatic heterocycles. The highest BCUT2D eigenvalue weighted by Crippen LogP contribution is 2.30. The van der Waals surface area contributed by atoms with E-state index in [-0.39, 0.29) is 0 Å². The first-order valence-electron chi connectivity index (χ1n) is 6.55. The Hall–Kier alpha value is -1.20. The first-order valence-corrected chi connectivity index (χ1v) is 7.34. The van der Waals surface area contributed by atoms with Crippen LogP contribution in [0.1, 0.15) is 30.1 Å². The van der Waals surface area contributed by atoms with Crippen LogP contribution in [0.2, 0.25) is 0 Å². The Morgan fingerprint density at radius 3 is 2.84 bits per heavy atom. The van der Waals surface area contributed by atoms with Crippen molar-refractivity contribution in [3.63, 3.8) is 0 Å². The van der Waals surface area contributed by atoms with E-state index in [1.807, 2.05) is 6.07 Å². The van der Waals surface area contributed by atoms with Crippen molar-refractivity contribution < 1.29 is 4.52 Å². The molecule has 0 spiro atoms. The van der Waals surface area contributed by atoms with Crippen LogP contribution in [0, 0.1) is 6.92 Å². The molecule has 1 N–H and O–H groups in total. The zero-order valence-corrected chi connectivity index (χ0v) is 12.4. The third-order valence-electron chi connectivity index (χ3n) is 3.50. The smallest absolute Gasteiger partial charge is 0.259 e. The Balaban J connectivity index is 1.87. The van der Waals surface area contributed by atoms with Gasteiger partial charge >= 0.3 is 0 Å². The predicted octanol–water partition coefficient (Wildman–Crippen LogP) is 3.27. The van der Waals surface area contributed by atoms with Crippen LogP contribution in [0.3, 0.4) is 0 Å². The molecule has 0 unspecified atom stereocenters. The van der Waals surface area contributed by atoms with Crippen molar-refractivity contribution in [1.29, 1.82) is 0 Å². The van der Waals surface area contributed by atoms with E-state index in [0.717, 1.165) is 41.8 Å². The van der Waals surface area contributed by atoms with Crippen LogP contribution in [-0.4, -0.2) is 23.2 Å². The lowest BCUT2D eigenvalue weighted by Crippen LogP contribution is -2.27. The van der Waals surface area contributed by atoms with Crippen LogP contribution in [-0.2, 0) is 0 Å². The minimum atomic E-state index is 0.419. The van der Waals surface area contributed by atoms with Gasteiger partial charge in [-0.2, -0.15) is 4.98 Å². The SMILES string of the molecule is Cc1ccc(-c2nc(C3CCNCC3)no2)c(Br)c1. The summed E-state index contributed by atoms with van der Waals surface area (Å²) in [6.07, 6.45) is 2.15. The van der Waals surface area contributed by atoms with Gasteiger partial charge in [0, 0.05) is 10.4 Å². The lowest BCUT2D eigenvalue weighted by molar-refractivity contribution is 0.392. The lowest BCUT2D eigenvalue weighted by Gasteiger charge is -2.18. The summed E-state index contributed by atoms with van der Waals surface area (Å²) in [5.41, 5.74) is 2.16. The molecule has 3 rings (SSSR count). The fraction of sp³-hybridized carbons (Fsp3) is 0.429. The van der Waals surface area contributed by atoms with Crippen molar-refractivity contribution in [2.24, 2.45) is 0 Å². The van der Waals surface area contributed by atoms with E-state index in [1.54, 1.807) is 0 Å². The van der Waals surface area contributed by atoms with Gasteiger partial charge in [0.15, 0.2) is 5.82 Å². The highest BCUT2D eigenvalue weighted by Gasteiger charge is 2.21. The monoisotopic (exact) mass is 321 g/mol. The quantitative estimate of drug-likeness (QED) is 0.922. The number of aryl methyl sites for hydroxylation is 1. The molecule has 0 amide bonds. The molecular weight excluding hydrogens is 306 g/mol. The third kappa shape index (κ3) is 2.72. The van der Waals surface area contributed by atoms with E-state index >= 15 is 0 Å². The van der Waals surface area contributed by atoms with Gasteiger partial charge in [0.1, 0.15) is 0 Å². The van der Waals surface area contributed by atoms with Crippen LogP contribution in [0.4, 0.5) is 0 Å². The number of piperidine rings is 1. The van der Waals surface area contributed by atoms with Crippen molar-refractivity contribution in [1.82, 2.24) is 15.5 Å². The van der Waals surface area contributed by atoms with Gasteiger partial charge in [-0.15, -0.1) is 0 Å². The van der Waals surface area contributed by atoms with Gasteiger partial charge in [0.25, 0.3) is 5.89 Å².